The molecular formula is C20H26N10O9P2S2. The molecular weight excluding hydrogens is 650 g/mol. The van der Waals surface area contributed by atoms with Crippen LogP contribution < -0.4 is 17.0 Å². The van der Waals surface area contributed by atoms with Crippen LogP contribution in [-0.2, 0) is 39.4 Å². The summed E-state index contributed by atoms with van der Waals surface area (Å²) in [6, 6.07) is 0. The van der Waals surface area contributed by atoms with Gasteiger partial charge in [0.25, 0.3) is 5.56 Å². The first-order valence-corrected chi connectivity index (χ1v) is 18.0. The monoisotopic (exact) mass is 676 g/mol. The number of thiol groups is 1. The van der Waals surface area contributed by atoms with Crippen LogP contribution in [0.3, 0.4) is 0 Å². The van der Waals surface area contributed by atoms with Gasteiger partial charge in [0.05, 0.1) is 43.6 Å². The van der Waals surface area contributed by atoms with Crippen LogP contribution in [0.1, 0.15) is 37.3 Å². The van der Waals surface area contributed by atoms with Crippen molar-refractivity contribution < 1.29 is 37.4 Å². The number of ether oxygens (including phenoxy) is 2. The maximum absolute atomic E-state index is 12.1. The fourth-order valence-electron chi connectivity index (χ4n) is 4.95. The van der Waals surface area contributed by atoms with E-state index in [0.717, 1.165) is 0 Å². The van der Waals surface area contributed by atoms with Crippen LogP contribution in [0.15, 0.2) is 23.6 Å². The number of nitrogen functional groups attached to an aromatic ring is 2. The van der Waals surface area contributed by atoms with Gasteiger partial charge in [0.15, 0.2) is 22.6 Å². The Morgan fingerprint density at radius 1 is 1.16 bits per heavy atom. The molecule has 0 spiro atoms. The molecule has 4 aromatic heterocycles. The standard InChI is InChI=1S/C20H26N10O9P2S2/c21-16-18-23-4-10(30(18)26-7-24-16)11-3-12(13(38-11)6-35-40(32,33)42)39-41(34,43)36-5-9-1-2-14(37-9)29-8-25-15-17(29)27-20(22)28-19(15)31/h4,7-9,11-14H,1-3,5-6H2,(H,34,43)(H2,21,24,26)(H2,32,33,42)(H3,22,27,28,31)/t9-,11+,12-,13+,14+,41?/m0/s1. The largest absolute Gasteiger partial charge is 0.383 e. The molecule has 2 fully saturated rings. The van der Waals surface area contributed by atoms with Gasteiger partial charge in [-0.05, 0) is 24.6 Å². The highest BCUT2D eigenvalue weighted by atomic mass is 32.7. The molecule has 2 saturated heterocycles. The minimum absolute atomic E-state index is 0.0490. The van der Waals surface area contributed by atoms with E-state index in [1.54, 1.807) is 4.57 Å². The molecule has 0 radical (unpaired) electrons. The van der Waals surface area contributed by atoms with Gasteiger partial charge >= 0.3 is 13.5 Å². The van der Waals surface area contributed by atoms with Crippen LogP contribution in [0.4, 0.5) is 11.8 Å². The van der Waals surface area contributed by atoms with Crippen molar-refractivity contribution >= 4 is 66.1 Å². The second-order valence-electron chi connectivity index (χ2n) is 9.72. The number of nitrogens with two attached hydrogens (primary N) is 2. The molecule has 2 aliphatic rings. The molecule has 6 rings (SSSR count). The topological polar surface area (TPSA) is 262 Å². The summed E-state index contributed by atoms with van der Waals surface area (Å²) in [6.45, 7) is -8.53. The highest BCUT2D eigenvalue weighted by Gasteiger charge is 2.42. The van der Waals surface area contributed by atoms with Gasteiger partial charge in [0.2, 0.25) is 5.95 Å². The first-order chi connectivity index (χ1) is 20.4. The summed E-state index contributed by atoms with van der Waals surface area (Å²) < 4.78 is 43.2. The van der Waals surface area contributed by atoms with Gasteiger partial charge in [0.1, 0.15) is 24.8 Å². The number of aromatic nitrogens is 8. The van der Waals surface area contributed by atoms with Crippen molar-refractivity contribution in [1.82, 2.24) is 39.1 Å². The number of fused-ring (bicyclic) bond motifs is 2. The second-order valence-corrected chi connectivity index (χ2v) is 15.3. The lowest BCUT2D eigenvalue weighted by atomic mass is 10.1. The maximum atomic E-state index is 12.1. The van der Waals surface area contributed by atoms with Crippen molar-refractivity contribution in [3.63, 3.8) is 0 Å². The number of hydrogen-bond acceptors (Lipinski definition) is 15. The van der Waals surface area contributed by atoms with Crippen LogP contribution >= 0.6 is 25.8 Å². The van der Waals surface area contributed by atoms with E-state index in [-0.39, 0.29) is 36.0 Å². The number of nitrogens with zero attached hydrogens (tertiary/aromatic N) is 7. The third-order valence-electron chi connectivity index (χ3n) is 6.83. The third-order valence-corrected chi connectivity index (χ3v) is 9.25. The van der Waals surface area contributed by atoms with Gasteiger partial charge < -0.3 is 39.8 Å². The summed E-state index contributed by atoms with van der Waals surface area (Å²) in [7, 11) is 0. The van der Waals surface area contributed by atoms with Crippen molar-refractivity contribution in [2.24, 2.45) is 0 Å². The second kappa shape index (κ2) is 11.8. The fraction of sp³-hybridized carbons (Fsp3) is 0.500. The van der Waals surface area contributed by atoms with E-state index in [4.69, 9.17) is 46.3 Å². The summed E-state index contributed by atoms with van der Waals surface area (Å²) in [6.07, 6.45) is 1.92. The summed E-state index contributed by atoms with van der Waals surface area (Å²) in [5.41, 5.74) is 12.3. The molecule has 0 aliphatic carbocycles. The lowest BCUT2D eigenvalue weighted by molar-refractivity contribution is -0.0293. The molecule has 0 aromatic carbocycles. The Kier molecular flexibility index (Phi) is 8.33. The number of nitrogens with one attached hydrogen (secondary N) is 1. The van der Waals surface area contributed by atoms with E-state index in [1.807, 2.05) is 0 Å². The van der Waals surface area contributed by atoms with Crippen LogP contribution in [-0.4, -0.2) is 80.4 Å². The van der Waals surface area contributed by atoms with Gasteiger partial charge in [-0.25, -0.2) is 24.0 Å². The van der Waals surface area contributed by atoms with Crippen molar-refractivity contribution in [1.29, 1.82) is 0 Å². The SMILES string of the molecule is Nc1nc2c(ncn2[C@H]2CC[C@@H](COP(O)(=S)O[C@H]3C[C@H](c4cnc5c(N)ncnn45)O[C@@H]3COP(=O)(O)S)O2)c(=O)[nH]1. The summed E-state index contributed by atoms with van der Waals surface area (Å²) in [5.74, 6) is 0.112. The summed E-state index contributed by atoms with van der Waals surface area (Å²) in [4.78, 5) is 51.3. The number of rotatable bonds is 10. The van der Waals surface area contributed by atoms with Crippen molar-refractivity contribution in [3.8, 4) is 0 Å². The quantitative estimate of drug-likeness (QED) is 0.0991. The van der Waals surface area contributed by atoms with Crippen LogP contribution in [0.25, 0.3) is 16.8 Å². The Hall–Kier alpha value is -2.55. The minimum atomic E-state index is -4.16. The van der Waals surface area contributed by atoms with Crippen LogP contribution in [0.5, 0.6) is 0 Å². The van der Waals surface area contributed by atoms with Gasteiger partial charge in [0, 0.05) is 6.42 Å². The molecule has 43 heavy (non-hydrogen) atoms. The van der Waals surface area contributed by atoms with E-state index in [1.165, 1.54) is 23.4 Å². The molecule has 232 valence electrons. The zero-order valence-electron chi connectivity index (χ0n) is 21.9. The molecule has 23 heteroatoms. The van der Waals surface area contributed by atoms with Gasteiger partial charge in [-0.3, -0.25) is 18.9 Å². The Morgan fingerprint density at radius 3 is 2.77 bits per heavy atom. The Balaban J connectivity index is 1.11. The number of anilines is 2. The fourth-order valence-corrected chi connectivity index (χ4v) is 6.99. The van der Waals surface area contributed by atoms with E-state index in [0.29, 0.717) is 24.2 Å². The molecule has 2 unspecified atom stereocenters. The number of H-pyrrole nitrogens is 1. The molecule has 7 atom stereocenters. The zero-order chi connectivity index (χ0) is 30.5. The van der Waals surface area contributed by atoms with Crippen molar-refractivity contribution in [2.45, 2.75) is 49.9 Å². The predicted octanol–water partition coefficient (Wildman–Crippen LogP) is 0.595. The number of imidazole rings is 2. The highest BCUT2D eigenvalue weighted by molar-refractivity contribution is 8.44. The summed E-state index contributed by atoms with van der Waals surface area (Å²) >= 11 is 8.82. The Labute approximate surface area is 251 Å². The van der Waals surface area contributed by atoms with Crippen molar-refractivity contribution in [2.75, 3.05) is 24.7 Å². The number of aromatic amines is 1. The third kappa shape index (κ3) is 6.62. The number of hydrogen-bond donors (Lipinski definition) is 6. The molecule has 2 aliphatic heterocycles. The van der Waals surface area contributed by atoms with Crippen LogP contribution in [0, 0.1) is 0 Å². The first kappa shape index (κ1) is 30.5. The van der Waals surface area contributed by atoms with Gasteiger partial charge in [-0.15, -0.1) is 0 Å². The predicted molar refractivity (Wildman–Crippen MR) is 155 cm³/mol. The highest BCUT2D eigenvalue weighted by Crippen LogP contribution is 2.52. The molecule has 6 heterocycles. The zero-order valence-corrected chi connectivity index (χ0v) is 25.4. The Bertz CT molecular complexity index is 1810. The Morgan fingerprint density at radius 2 is 1.98 bits per heavy atom. The van der Waals surface area contributed by atoms with Gasteiger partial charge in [-0.2, -0.15) is 10.1 Å². The van der Waals surface area contributed by atoms with E-state index >= 15 is 0 Å². The average Bonchev–Trinajstić information content (AvgIpc) is 3.71. The maximum Gasteiger partial charge on any atom is 0.383 e. The molecule has 0 bridgehead atoms. The van der Waals surface area contributed by atoms with E-state index in [9.17, 15) is 19.1 Å². The normalized spacial score (nSPS) is 27.1. The lowest BCUT2D eigenvalue weighted by Crippen LogP contribution is -2.28. The molecule has 7 N–H and O–H groups in total. The molecule has 19 nitrogen and oxygen atoms in total. The average molecular weight is 677 g/mol. The minimum Gasteiger partial charge on any atom is -0.381 e. The first-order valence-electron chi connectivity index (χ1n) is 12.7. The molecule has 4 aromatic rings. The summed E-state index contributed by atoms with van der Waals surface area (Å²) in [5, 5.41) is 4.16. The van der Waals surface area contributed by atoms with E-state index < -0.39 is 56.3 Å². The lowest BCUT2D eigenvalue weighted by Gasteiger charge is -2.24. The smallest absolute Gasteiger partial charge is 0.381 e. The molecule has 0 amide bonds. The van der Waals surface area contributed by atoms with E-state index in [2.05, 4.69) is 42.3 Å². The van der Waals surface area contributed by atoms with Crippen molar-refractivity contribution in [3.05, 3.63) is 34.9 Å². The van der Waals surface area contributed by atoms with Crippen LogP contribution in [0.2, 0.25) is 0 Å². The molecule has 0 saturated carbocycles. The van der Waals surface area contributed by atoms with Gasteiger partial charge in [-0.1, -0.05) is 12.2 Å².